The summed E-state index contributed by atoms with van der Waals surface area (Å²) in [7, 11) is 1.92. The maximum Gasteiger partial charge on any atom is 0.258 e. The number of amides is 2. The van der Waals surface area contributed by atoms with Crippen LogP contribution in [0.3, 0.4) is 0 Å². The molecule has 4 aliphatic rings. The summed E-state index contributed by atoms with van der Waals surface area (Å²) in [4.78, 5) is 34.8. The number of aryl methyl sites for hydroxylation is 1. The molecule has 4 heterocycles. The summed E-state index contributed by atoms with van der Waals surface area (Å²) in [6, 6.07) is 16.8. The van der Waals surface area contributed by atoms with Crippen molar-refractivity contribution in [1.82, 2.24) is 19.6 Å². The third-order valence-electron chi connectivity index (χ3n) is 8.26. The Bertz CT molecular complexity index is 1410. The molecule has 1 aliphatic carbocycles. The van der Waals surface area contributed by atoms with E-state index >= 15 is 0 Å². The maximum absolute atomic E-state index is 13.6. The lowest BCUT2D eigenvalue weighted by atomic mass is 9.96. The van der Waals surface area contributed by atoms with Crippen LogP contribution in [-0.4, -0.2) is 75.6 Å². The standard InChI is InChI=1S/C30H31N5O3/c1-33-18-26(14-31-33)23-4-2-21(3-5-23)22-6-8-24(9-7-22)27-32-30(12-13-38-19-30)29(37)35(27)17-20-15-34(16-20)28(36)25-10-11-25/h2-9,14,18,20,25H,10-13,15-17,19H2,1H3. The summed E-state index contributed by atoms with van der Waals surface area (Å²) >= 11 is 0. The molecule has 194 valence electrons. The van der Waals surface area contributed by atoms with Crippen molar-refractivity contribution in [3.8, 4) is 22.3 Å². The van der Waals surface area contributed by atoms with Crippen LogP contribution in [-0.2, 0) is 21.4 Å². The van der Waals surface area contributed by atoms with Gasteiger partial charge in [0.05, 0.1) is 12.8 Å². The zero-order valence-corrected chi connectivity index (χ0v) is 21.5. The van der Waals surface area contributed by atoms with Crippen molar-refractivity contribution < 1.29 is 14.3 Å². The lowest BCUT2D eigenvalue weighted by molar-refractivity contribution is -0.140. The largest absolute Gasteiger partial charge is 0.378 e. The molecule has 1 aromatic heterocycles. The molecular weight excluding hydrogens is 478 g/mol. The zero-order chi connectivity index (χ0) is 25.9. The van der Waals surface area contributed by atoms with E-state index in [2.05, 4.69) is 53.6 Å². The minimum atomic E-state index is -0.802. The Labute approximate surface area is 221 Å². The van der Waals surface area contributed by atoms with Crippen LogP contribution in [0.25, 0.3) is 22.3 Å². The van der Waals surface area contributed by atoms with Gasteiger partial charge in [0.1, 0.15) is 5.84 Å². The topological polar surface area (TPSA) is 80.0 Å². The number of hydrogen-bond acceptors (Lipinski definition) is 5. The molecule has 1 unspecified atom stereocenters. The van der Waals surface area contributed by atoms with Gasteiger partial charge in [0.25, 0.3) is 5.91 Å². The van der Waals surface area contributed by atoms with E-state index in [-0.39, 0.29) is 23.7 Å². The molecule has 3 aliphatic heterocycles. The predicted octanol–water partition coefficient (Wildman–Crippen LogP) is 3.37. The summed E-state index contributed by atoms with van der Waals surface area (Å²) in [5.41, 5.74) is 4.59. The Morgan fingerprint density at radius 1 is 0.974 bits per heavy atom. The Balaban J connectivity index is 1.10. The fraction of sp³-hybridized carbons (Fsp3) is 0.400. The molecule has 2 amide bonds. The van der Waals surface area contributed by atoms with E-state index < -0.39 is 5.54 Å². The van der Waals surface area contributed by atoms with E-state index in [1.54, 1.807) is 4.68 Å². The van der Waals surface area contributed by atoms with Gasteiger partial charge in [0, 0.05) is 68.9 Å². The number of hydrogen-bond donors (Lipinski definition) is 0. The van der Waals surface area contributed by atoms with Crippen molar-refractivity contribution in [2.24, 2.45) is 23.9 Å². The maximum atomic E-state index is 13.6. The van der Waals surface area contributed by atoms with Gasteiger partial charge in [-0.25, -0.2) is 4.99 Å². The summed E-state index contributed by atoms with van der Waals surface area (Å²) in [5.74, 6) is 1.57. The number of rotatable bonds is 6. The minimum Gasteiger partial charge on any atom is -0.378 e. The first kappa shape index (κ1) is 23.3. The van der Waals surface area contributed by atoms with Crippen molar-refractivity contribution in [2.45, 2.75) is 24.8 Å². The molecule has 3 aromatic rings. The molecule has 3 fully saturated rings. The molecule has 1 atom stereocenters. The highest BCUT2D eigenvalue weighted by molar-refractivity contribution is 6.15. The highest BCUT2D eigenvalue weighted by Gasteiger charge is 2.52. The summed E-state index contributed by atoms with van der Waals surface area (Å²) < 4.78 is 7.42. The summed E-state index contributed by atoms with van der Waals surface area (Å²) in [5, 5.41) is 4.26. The van der Waals surface area contributed by atoms with Gasteiger partial charge in [-0.3, -0.25) is 19.2 Å². The minimum absolute atomic E-state index is 0.0343. The molecule has 1 spiro atoms. The fourth-order valence-corrected chi connectivity index (χ4v) is 5.81. The first-order chi connectivity index (χ1) is 18.5. The second-order valence-corrected chi connectivity index (χ2v) is 11.1. The Kier molecular flexibility index (Phi) is 5.47. The molecule has 0 bridgehead atoms. The molecule has 0 N–H and O–H groups in total. The monoisotopic (exact) mass is 509 g/mol. The summed E-state index contributed by atoms with van der Waals surface area (Å²) in [6.07, 6.45) is 6.54. The number of aromatic nitrogens is 2. The van der Waals surface area contributed by atoms with Crippen LogP contribution >= 0.6 is 0 Å². The Morgan fingerprint density at radius 3 is 2.16 bits per heavy atom. The van der Waals surface area contributed by atoms with Gasteiger partial charge in [-0.15, -0.1) is 0 Å². The molecule has 8 heteroatoms. The molecule has 0 radical (unpaired) electrons. The van der Waals surface area contributed by atoms with Gasteiger partial charge in [-0.2, -0.15) is 5.10 Å². The van der Waals surface area contributed by atoms with Crippen molar-refractivity contribution in [3.63, 3.8) is 0 Å². The van der Waals surface area contributed by atoms with Crippen LogP contribution in [0.4, 0.5) is 0 Å². The van der Waals surface area contributed by atoms with Gasteiger partial charge in [0.15, 0.2) is 5.54 Å². The van der Waals surface area contributed by atoms with E-state index in [1.165, 1.54) is 0 Å². The number of benzene rings is 2. The smallest absolute Gasteiger partial charge is 0.258 e. The zero-order valence-electron chi connectivity index (χ0n) is 21.5. The Hall–Kier alpha value is -3.78. The van der Waals surface area contributed by atoms with E-state index in [0.29, 0.717) is 26.2 Å². The highest BCUT2D eigenvalue weighted by atomic mass is 16.5. The SMILES string of the molecule is Cn1cc(-c2ccc(-c3ccc(C4=NC5(CCOC5)C(=O)N4CC4CN(C(=O)C5CC5)C4)cc3)cc2)cn1. The van der Waals surface area contributed by atoms with E-state index in [4.69, 9.17) is 9.73 Å². The number of nitrogens with zero attached hydrogens (tertiary/aromatic N) is 5. The normalized spacial score (nSPS) is 23.3. The molecule has 2 aromatic carbocycles. The summed E-state index contributed by atoms with van der Waals surface area (Å²) in [6.45, 7) is 2.93. The van der Waals surface area contributed by atoms with Gasteiger partial charge < -0.3 is 9.64 Å². The number of carbonyl (C=O) groups excluding carboxylic acids is 2. The fourth-order valence-electron chi connectivity index (χ4n) is 5.81. The van der Waals surface area contributed by atoms with Crippen LogP contribution in [0.5, 0.6) is 0 Å². The van der Waals surface area contributed by atoms with Gasteiger partial charge in [-0.1, -0.05) is 48.5 Å². The molecular formula is C30H31N5O3. The van der Waals surface area contributed by atoms with Crippen LogP contribution in [0.15, 0.2) is 65.9 Å². The third kappa shape index (κ3) is 4.04. The van der Waals surface area contributed by atoms with Crippen LogP contribution < -0.4 is 0 Å². The van der Waals surface area contributed by atoms with Gasteiger partial charge >= 0.3 is 0 Å². The quantitative estimate of drug-likeness (QED) is 0.510. The second kappa shape index (κ2) is 8.91. The molecule has 1 saturated carbocycles. The number of aliphatic imine (C=N–C) groups is 1. The number of likely N-dealkylation sites (tertiary alicyclic amines) is 1. The van der Waals surface area contributed by atoms with Crippen molar-refractivity contribution in [3.05, 3.63) is 66.5 Å². The third-order valence-corrected chi connectivity index (χ3v) is 8.26. The number of amidine groups is 1. The van der Waals surface area contributed by atoms with Crippen LogP contribution in [0.1, 0.15) is 24.8 Å². The van der Waals surface area contributed by atoms with Crippen LogP contribution in [0.2, 0.25) is 0 Å². The molecule has 7 rings (SSSR count). The predicted molar refractivity (Wildman–Crippen MR) is 143 cm³/mol. The second-order valence-electron chi connectivity index (χ2n) is 11.1. The molecule has 2 saturated heterocycles. The first-order valence-corrected chi connectivity index (χ1v) is 13.5. The van der Waals surface area contributed by atoms with Crippen molar-refractivity contribution >= 4 is 17.6 Å². The van der Waals surface area contributed by atoms with Gasteiger partial charge in [0.2, 0.25) is 5.91 Å². The Morgan fingerprint density at radius 2 is 1.61 bits per heavy atom. The average molecular weight is 510 g/mol. The highest BCUT2D eigenvalue weighted by Crippen LogP contribution is 2.37. The van der Waals surface area contributed by atoms with Crippen molar-refractivity contribution in [2.75, 3.05) is 32.8 Å². The number of ether oxygens (including phenoxy) is 1. The van der Waals surface area contributed by atoms with Gasteiger partial charge in [-0.05, 0) is 29.5 Å². The average Bonchev–Trinajstić information content (AvgIpc) is 3.40. The van der Waals surface area contributed by atoms with Crippen molar-refractivity contribution in [1.29, 1.82) is 0 Å². The first-order valence-electron chi connectivity index (χ1n) is 13.5. The number of carbonyl (C=O) groups is 2. The van der Waals surface area contributed by atoms with E-state index in [1.807, 2.05) is 29.2 Å². The molecule has 38 heavy (non-hydrogen) atoms. The lowest BCUT2D eigenvalue weighted by Gasteiger charge is -2.41. The molecule has 8 nitrogen and oxygen atoms in total. The van der Waals surface area contributed by atoms with E-state index in [0.717, 1.165) is 59.6 Å². The van der Waals surface area contributed by atoms with E-state index in [9.17, 15) is 9.59 Å². The van der Waals surface area contributed by atoms with Crippen LogP contribution in [0, 0.1) is 11.8 Å². The lowest BCUT2D eigenvalue weighted by Crippen LogP contribution is -2.56.